The number of hydrogen-bond donors (Lipinski definition) is 4. The molecule has 36 heteroatoms. The number of ether oxygens (including phenoxy) is 20. The maximum absolute atomic E-state index is 11.3. The van der Waals surface area contributed by atoms with Crippen LogP contribution in [-0.4, -0.2) is 274 Å². The smallest absolute Gasteiger partial charge is 0.303 e. The SMILES string of the molecule is CO.COC(C)=O.COC(C)=O.COC(C)=O.CO[C@@H]1OC(CO)[C@H](C)[C@@H](OC(C)=O)C1OC(C)=O.CO[C@@H]1OC(COC(C)=O)[C@H](C)[C@@H](O)C1OC(C)=O.CO[C@@H]1OC(COC(C)=O)[C@H](C)[C@@H](OC(C)=O)C1O.CO[C@@H]1OC(COC(C)=O)[C@H](C)[C@@H](OC(C)=O)C1OC(C)=O. The summed E-state index contributed by atoms with van der Waals surface area (Å²) in [6.07, 6.45) is -12.7. The van der Waals surface area contributed by atoms with Crippen LogP contribution in [0.25, 0.3) is 0 Å². The number of aliphatic hydroxyl groups is 4. The van der Waals surface area contributed by atoms with Crippen LogP contribution in [0.4, 0.5) is 0 Å². The molecule has 4 rings (SSSR count). The molecule has 20 atom stereocenters. The zero-order valence-corrected chi connectivity index (χ0v) is 59.2. The second-order valence-electron chi connectivity index (χ2n) is 20.7. The van der Waals surface area contributed by atoms with Crippen molar-refractivity contribution in [2.24, 2.45) is 23.7 Å². The van der Waals surface area contributed by atoms with Gasteiger partial charge in [-0.1, -0.05) is 27.7 Å². The van der Waals surface area contributed by atoms with Gasteiger partial charge in [0.25, 0.3) is 0 Å². The highest BCUT2D eigenvalue weighted by molar-refractivity contribution is 5.70. The molecule has 4 aliphatic heterocycles. The predicted molar refractivity (Wildman–Crippen MR) is 323 cm³/mol. The highest BCUT2D eigenvalue weighted by Crippen LogP contribution is 2.34. The number of hydrogen-bond acceptors (Lipinski definition) is 36. The van der Waals surface area contributed by atoms with Gasteiger partial charge in [0, 0.05) is 142 Å². The molecule has 0 amide bonds. The molecule has 0 saturated carbocycles. The fourth-order valence-electron chi connectivity index (χ4n) is 8.38. The van der Waals surface area contributed by atoms with Gasteiger partial charge in [-0.3, -0.25) is 57.5 Å². The van der Waals surface area contributed by atoms with Gasteiger partial charge < -0.3 is 115 Å². The lowest BCUT2D eigenvalue weighted by atomic mass is 9.90. The van der Waals surface area contributed by atoms with Gasteiger partial charge in [-0.15, -0.1) is 0 Å². The first-order chi connectivity index (χ1) is 44.7. The van der Waals surface area contributed by atoms with Gasteiger partial charge in [-0.25, -0.2) is 0 Å². The molecule has 4 fully saturated rings. The van der Waals surface area contributed by atoms with Crippen molar-refractivity contribution < 1.29 is 173 Å². The van der Waals surface area contributed by atoms with E-state index in [1.54, 1.807) is 27.7 Å². The highest BCUT2D eigenvalue weighted by Gasteiger charge is 2.51. The van der Waals surface area contributed by atoms with Crippen molar-refractivity contribution in [3.8, 4) is 0 Å². The van der Waals surface area contributed by atoms with E-state index in [2.05, 4.69) is 14.2 Å². The minimum atomic E-state index is -1.09. The minimum absolute atomic E-state index is 0.0130. The molecule has 4 saturated heterocycles. The summed E-state index contributed by atoms with van der Waals surface area (Å²) in [6.45, 7) is 22.2. The maximum Gasteiger partial charge on any atom is 0.303 e. The first kappa shape index (κ1) is 95.6. The Balaban J connectivity index is -0.000000543. The van der Waals surface area contributed by atoms with Crippen LogP contribution >= 0.6 is 0 Å². The molecule has 560 valence electrons. The Morgan fingerprint density at radius 3 is 0.771 bits per heavy atom. The van der Waals surface area contributed by atoms with Crippen molar-refractivity contribution in [1.29, 1.82) is 0 Å². The first-order valence-electron chi connectivity index (χ1n) is 29.4. The zero-order chi connectivity index (χ0) is 75.4. The van der Waals surface area contributed by atoms with Crippen molar-refractivity contribution in [2.75, 3.05) is 83.3 Å². The minimum Gasteiger partial charge on any atom is -0.469 e. The Kier molecular flexibility index (Phi) is 52.1. The number of carbonyl (C=O) groups is 12. The fourth-order valence-corrected chi connectivity index (χ4v) is 8.38. The molecule has 4 N–H and O–H groups in total. The Morgan fingerprint density at radius 1 is 0.292 bits per heavy atom. The van der Waals surface area contributed by atoms with Crippen LogP contribution < -0.4 is 0 Å². The fraction of sp³-hybridized carbons (Fsp3) is 0.800. The standard InChI is InChI=1S/C14H22O8.3C12H20O7.3C3H6O2.CH4O/c1-7-11(6-19-8(2)15)22-14(18-5)13(21-10(4)17)12(7)20-9(3)16;1-6-9(5-17-7(2)13)19-12(16-4)10(15)11(6)18-8(3)14;1-6-9(5-17-7(2)13)19-12(16-4)11(10(6)15)18-8(3)14;1-6-9(5-13)19-12(16-4)11(18-8(3)15)10(6)17-7(2)14;3*1-3(4)5-2;1-2/h7,11-14H,6H2,1-5H3;2*6,9-12,15H,5H2,1-4H3;6,9-13H,5H2,1-4H3;3*1-2H3;2H,1H3/t7-,11?,12+,13?,14+;6-,9?,10?,11+,12+;2*6-,9?,10+,11?,12+;;;;/m0000..../s1. The quantitative estimate of drug-likeness (QED) is 0.111. The highest BCUT2D eigenvalue weighted by atomic mass is 16.7. The number of esters is 12. The normalized spacial score (nSPS) is 28.9. The first-order valence-corrected chi connectivity index (χ1v) is 29.4. The molecule has 8 unspecified atom stereocenters. The van der Waals surface area contributed by atoms with E-state index < -0.39 is 152 Å². The summed E-state index contributed by atoms with van der Waals surface area (Å²) in [7, 11) is 10.6. The van der Waals surface area contributed by atoms with E-state index >= 15 is 0 Å². The third-order valence-electron chi connectivity index (χ3n) is 13.2. The monoisotopic (exact) mass is 1400 g/mol. The van der Waals surface area contributed by atoms with Crippen LogP contribution in [0.3, 0.4) is 0 Å². The molecule has 0 radical (unpaired) electrons. The van der Waals surface area contributed by atoms with Crippen molar-refractivity contribution >= 4 is 71.6 Å². The molecule has 0 spiro atoms. The molecular formula is C60H104O36. The molecule has 0 aliphatic carbocycles. The molecule has 0 bridgehead atoms. The largest absolute Gasteiger partial charge is 0.469 e. The summed E-state index contributed by atoms with van der Waals surface area (Å²) in [5.74, 6) is -6.54. The lowest BCUT2D eigenvalue weighted by Crippen LogP contribution is -2.58. The average molecular weight is 1400 g/mol. The molecule has 4 aliphatic rings. The lowest BCUT2D eigenvalue weighted by Gasteiger charge is -2.43. The summed E-state index contributed by atoms with van der Waals surface area (Å²) >= 11 is 0. The molecule has 0 aromatic carbocycles. The van der Waals surface area contributed by atoms with Crippen molar-refractivity contribution in [3.63, 3.8) is 0 Å². The number of aliphatic hydroxyl groups excluding tert-OH is 4. The van der Waals surface area contributed by atoms with E-state index in [1.165, 1.54) is 133 Å². The molecular weight excluding hydrogens is 1300 g/mol. The molecule has 0 aromatic heterocycles. The van der Waals surface area contributed by atoms with Gasteiger partial charge in [0.05, 0.1) is 34.0 Å². The molecule has 96 heavy (non-hydrogen) atoms. The summed E-state index contributed by atoms with van der Waals surface area (Å²) in [6, 6.07) is 0. The van der Waals surface area contributed by atoms with E-state index in [-0.39, 0.29) is 68.0 Å². The second kappa shape index (κ2) is 52.3. The Labute approximate surface area is 559 Å². The number of carbonyl (C=O) groups excluding carboxylic acids is 12. The van der Waals surface area contributed by atoms with E-state index in [4.69, 9.17) is 85.6 Å². The van der Waals surface area contributed by atoms with Crippen LogP contribution in [0.2, 0.25) is 0 Å². The number of rotatable bonds is 17. The average Bonchev–Trinajstić information content (AvgIpc) is 0.931. The zero-order valence-electron chi connectivity index (χ0n) is 59.2. The van der Waals surface area contributed by atoms with Crippen molar-refractivity contribution in [1.82, 2.24) is 0 Å². The molecule has 36 nitrogen and oxygen atoms in total. The number of methoxy groups -OCH3 is 7. The van der Waals surface area contributed by atoms with Crippen LogP contribution in [0.5, 0.6) is 0 Å². The van der Waals surface area contributed by atoms with E-state index in [0.717, 1.165) is 7.11 Å². The van der Waals surface area contributed by atoms with Gasteiger partial charge in [-0.2, -0.15) is 0 Å². The Hall–Kier alpha value is -6.84. The van der Waals surface area contributed by atoms with Gasteiger partial charge in [-0.05, 0) is 0 Å². The van der Waals surface area contributed by atoms with Crippen LogP contribution in [0, 0.1) is 23.7 Å². The third kappa shape index (κ3) is 39.4. The summed E-state index contributed by atoms with van der Waals surface area (Å²) in [5.41, 5.74) is 0. The van der Waals surface area contributed by atoms with Crippen LogP contribution in [-0.2, 0) is 152 Å². The maximum atomic E-state index is 11.3. The van der Waals surface area contributed by atoms with Crippen molar-refractivity contribution in [3.05, 3.63) is 0 Å². The third-order valence-corrected chi connectivity index (χ3v) is 13.2. The van der Waals surface area contributed by atoms with Gasteiger partial charge in [0.15, 0.2) is 43.5 Å². The summed E-state index contributed by atoms with van der Waals surface area (Å²) in [4.78, 5) is 128. The summed E-state index contributed by atoms with van der Waals surface area (Å²) < 4.78 is 100. The molecule has 0 aromatic rings. The van der Waals surface area contributed by atoms with E-state index in [1.807, 2.05) is 0 Å². The van der Waals surface area contributed by atoms with Gasteiger partial charge in [0.1, 0.15) is 68.7 Å². The molecule has 4 heterocycles. The van der Waals surface area contributed by atoms with E-state index in [9.17, 15) is 72.9 Å². The van der Waals surface area contributed by atoms with Gasteiger partial charge >= 0.3 is 71.6 Å². The van der Waals surface area contributed by atoms with Crippen LogP contribution in [0.15, 0.2) is 0 Å². The summed E-state index contributed by atoms with van der Waals surface area (Å²) in [5, 5.41) is 36.4. The van der Waals surface area contributed by atoms with Crippen LogP contribution in [0.1, 0.15) is 111 Å². The van der Waals surface area contributed by atoms with Crippen molar-refractivity contribution in [2.45, 2.75) is 209 Å². The predicted octanol–water partition coefficient (Wildman–Crippen LogP) is 0.115. The Bertz CT molecular complexity index is 2270. The topological polar surface area (TPSA) is 470 Å². The second-order valence-corrected chi connectivity index (χ2v) is 20.7. The lowest BCUT2D eigenvalue weighted by molar-refractivity contribution is -0.288. The van der Waals surface area contributed by atoms with Gasteiger partial charge in [0.2, 0.25) is 0 Å². The van der Waals surface area contributed by atoms with E-state index in [0.29, 0.717) is 0 Å². The Morgan fingerprint density at radius 2 is 0.510 bits per heavy atom.